The largest absolute Gasteiger partial charge is 0.103 e. The van der Waals surface area contributed by atoms with E-state index in [4.69, 9.17) is 0 Å². The lowest BCUT2D eigenvalue weighted by atomic mass is 9.43. The lowest BCUT2D eigenvalue weighted by Gasteiger charge is -2.62. The molecular formula is C23H38. The van der Waals surface area contributed by atoms with Gasteiger partial charge in [-0.3, -0.25) is 0 Å². The average molecular weight is 315 g/mol. The van der Waals surface area contributed by atoms with E-state index in [2.05, 4.69) is 33.4 Å². The molecular weight excluding hydrogens is 276 g/mol. The van der Waals surface area contributed by atoms with Gasteiger partial charge in [0.05, 0.1) is 0 Å². The van der Waals surface area contributed by atoms with Crippen LogP contribution in [0.4, 0.5) is 0 Å². The molecule has 0 N–H and O–H groups in total. The quantitative estimate of drug-likeness (QED) is 0.488. The lowest BCUT2D eigenvalue weighted by Crippen LogP contribution is -2.54. The second kappa shape index (κ2) is 5.63. The van der Waals surface area contributed by atoms with Crippen molar-refractivity contribution in [2.75, 3.05) is 0 Å². The molecule has 130 valence electrons. The molecule has 0 spiro atoms. The summed E-state index contributed by atoms with van der Waals surface area (Å²) in [6, 6.07) is 0. The van der Waals surface area contributed by atoms with Crippen LogP contribution in [0.25, 0.3) is 0 Å². The van der Waals surface area contributed by atoms with Crippen LogP contribution in [0.5, 0.6) is 0 Å². The van der Waals surface area contributed by atoms with Crippen molar-refractivity contribution in [3.63, 3.8) is 0 Å². The van der Waals surface area contributed by atoms with Gasteiger partial charge >= 0.3 is 0 Å². The van der Waals surface area contributed by atoms with E-state index in [-0.39, 0.29) is 0 Å². The van der Waals surface area contributed by atoms with E-state index in [1.165, 1.54) is 44.9 Å². The topological polar surface area (TPSA) is 0 Å². The van der Waals surface area contributed by atoms with E-state index in [0.29, 0.717) is 5.41 Å². The number of hydrogen-bond acceptors (Lipinski definition) is 0. The Kier molecular flexibility index (Phi) is 3.97. The molecule has 0 radical (unpaired) electrons. The van der Waals surface area contributed by atoms with Crippen molar-refractivity contribution >= 4 is 0 Å². The molecule has 23 heavy (non-hydrogen) atoms. The zero-order valence-corrected chi connectivity index (χ0v) is 15.8. The number of allylic oxidation sites excluding steroid dienone is 1. The van der Waals surface area contributed by atoms with Crippen molar-refractivity contribution in [1.82, 2.24) is 0 Å². The minimum absolute atomic E-state index is 0.590. The first-order valence-corrected chi connectivity index (χ1v) is 10.7. The van der Waals surface area contributed by atoms with Gasteiger partial charge in [-0.2, -0.15) is 0 Å². The van der Waals surface area contributed by atoms with Gasteiger partial charge in [0, 0.05) is 0 Å². The molecule has 0 heteroatoms. The molecule has 4 rings (SSSR count). The number of fused-ring (bicyclic) bond motifs is 5. The zero-order chi connectivity index (χ0) is 16.2. The van der Waals surface area contributed by atoms with Gasteiger partial charge in [0.1, 0.15) is 0 Å². The molecule has 8 unspecified atom stereocenters. The maximum absolute atomic E-state index is 4.19. The van der Waals surface area contributed by atoms with Crippen LogP contribution in [-0.4, -0.2) is 0 Å². The van der Waals surface area contributed by atoms with E-state index in [1.54, 1.807) is 19.3 Å². The average Bonchev–Trinajstić information content (AvgIpc) is 2.90. The van der Waals surface area contributed by atoms with E-state index in [0.717, 1.165) is 40.9 Å². The van der Waals surface area contributed by atoms with Crippen LogP contribution in [0, 0.1) is 46.3 Å². The Labute approximate surface area is 144 Å². The molecule has 0 bridgehead atoms. The summed E-state index contributed by atoms with van der Waals surface area (Å²) < 4.78 is 0. The van der Waals surface area contributed by atoms with Gasteiger partial charge in [-0.25, -0.2) is 0 Å². The number of hydrogen-bond donors (Lipinski definition) is 0. The molecule has 4 fully saturated rings. The molecule has 0 aromatic heterocycles. The van der Waals surface area contributed by atoms with Crippen LogP contribution in [-0.2, 0) is 0 Å². The molecule has 4 aliphatic carbocycles. The molecule has 0 aromatic rings. The highest BCUT2D eigenvalue weighted by atomic mass is 14.6. The summed E-state index contributed by atoms with van der Waals surface area (Å²) in [5.41, 5.74) is 1.32. The molecule has 0 amide bonds. The smallest absolute Gasteiger partial charge is 0.0179 e. The fourth-order valence-electron chi connectivity index (χ4n) is 8.40. The predicted molar refractivity (Wildman–Crippen MR) is 99.2 cm³/mol. The maximum atomic E-state index is 4.19. The van der Waals surface area contributed by atoms with Gasteiger partial charge in [-0.05, 0) is 104 Å². The summed E-state index contributed by atoms with van der Waals surface area (Å²) in [7, 11) is 0. The summed E-state index contributed by atoms with van der Waals surface area (Å²) in [4.78, 5) is 0. The molecule has 4 saturated carbocycles. The minimum Gasteiger partial charge on any atom is -0.103 e. The third kappa shape index (κ3) is 2.15. The Bertz CT molecular complexity index is 465. The maximum Gasteiger partial charge on any atom is -0.0179 e. The van der Waals surface area contributed by atoms with Crippen molar-refractivity contribution in [2.45, 2.75) is 85.0 Å². The van der Waals surface area contributed by atoms with Gasteiger partial charge in [-0.15, -0.1) is 6.58 Å². The van der Waals surface area contributed by atoms with Crippen molar-refractivity contribution in [3.05, 3.63) is 12.7 Å². The molecule has 0 aliphatic heterocycles. The van der Waals surface area contributed by atoms with E-state index < -0.39 is 0 Å². The van der Waals surface area contributed by atoms with E-state index in [9.17, 15) is 0 Å². The fraction of sp³-hybridized carbons (Fsp3) is 0.913. The number of rotatable bonds is 2. The normalized spacial score (nSPS) is 55.6. The van der Waals surface area contributed by atoms with Gasteiger partial charge in [0.25, 0.3) is 0 Å². The van der Waals surface area contributed by atoms with Gasteiger partial charge in [0.2, 0.25) is 0 Å². The zero-order valence-electron chi connectivity index (χ0n) is 15.8. The Balaban J connectivity index is 1.64. The summed E-state index contributed by atoms with van der Waals surface area (Å²) >= 11 is 0. The third-order valence-corrected chi connectivity index (χ3v) is 9.64. The standard InChI is InChI=1S/C23H38/c1-5-17-8-10-20-19-9-7-18-15-16(3)11-14-23(18,6-2)21(19)12-13-22(17,20)4/h5,16-21H,1,6-15H2,2-4H3. The van der Waals surface area contributed by atoms with Crippen LogP contribution in [0.2, 0.25) is 0 Å². The van der Waals surface area contributed by atoms with E-state index >= 15 is 0 Å². The van der Waals surface area contributed by atoms with Crippen LogP contribution in [0.15, 0.2) is 12.7 Å². The summed E-state index contributed by atoms with van der Waals surface area (Å²) in [6.45, 7) is 11.8. The fourth-order valence-corrected chi connectivity index (χ4v) is 8.40. The summed E-state index contributed by atoms with van der Waals surface area (Å²) in [5.74, 6) is 5.95. The lowest BCUT2D eigenvalue weighted by molar-refractivity contribution is -0.125. The van der Waals surface area contributed by atoms with Gasteiger partial charge in [0.15, 0.2) is 0 Å². The SMILES string of the molecule is C=CC1CCC2C3CCC4CC(C)CCC4(CC)C3CCC12C. The predicted octanol–water partition coefficient (Wildman–Crippen LogP) is 6.86. The van der Waals surface area contributed by atoms with E-state index in [1.807, 2.05) is 0 Å². The van der Waals surface area contributed by atoms with Gasteiger partial charge in [-0.1, -0.05) is 33.3 Å². The van der Waals surface area contributed by atoms with Crippen molar-refractivity contribution in [3.8, 4) is 0 Å². The monoisotopic (exact) mass is 314 g/mol. The van der Waals surface area contributed by atoms with Crippen LogP contribution in [0.1, 0.15) is 85.0 Å². The molecule has 0 nitrogen and oxygen atoms in total. The Morgan fingerprint density at radius 3 is 2.57 bits per heavy atom. The van der Waals surface area contributed by atoms with Crippen molar-refractivity contribution in [1.29, 1.82) is 0 Å². The highest BCUT2D eigenvalue weighted by Gasteiger charge is 2.60. The first kappa shape index (κ1) is 16.2. The molecule has 8 atom stereocenters. The third-order valence-electron chi connectivity index (χ3n) is 9.64. The van der Waals surface area contributed by atoms with Crippen LogP contribution in [0.3, 0.4) is 0 Å². The molecule has 4 aliphatic rings. The van der Waals surface area contributed by atoms with Crippen LogP contribution < -0.4 is 0 Å². The molecule has 0 heterocycles. The summed E-state index contributed by atoms with van der Waals surface area (Å²) in [5, 5.41) is 0. The molecule has 0 saturated heterocycles. The second-order valence-electron chi connectivity index (χ2n) is 10.1. The van der Waals surface area contributed by atoms with Crippen molar-refractivity contribution < 1.29 is 0 Å². The Hall–Kier alpha value is -0.260. The first-order chi connectivity index (χ1) is 11.0. The second-order valence-corrected chi connectivity index (χ2v) is 10.1. The minimum atomic E-state index is 0.590. The first-order valence-electron chi connectivity index (χ1n) is 10.7. The summed E-state index contributed by atoms with van der Waals surface area (Å²) in [6.07, 6.45) is 17.4. The highest BCUT2D eigenvalue weighted by Crippen LogP contribution is 2.68. The highest BCUT2D eigenvalue weighted by molar-refractivity contribution is 5.11. The Morgan fingerprint density at radius 2 is 1.83 bits per heavy atom. The van der Waals surface area contributed by atoms with Crippen LogP contribution >= 0.6 is 0 Å². The van der Waals surface area contributed by atoms with Crippen molar-refractivity contribution in [2.24, 2.45) is 46.3 Å². The van der Waals surface area contributed by atoms with Gasteiger partial charge < -0.3 is 0 Å². The Morgan fingerprint density at radius 1 is 1.00 bits per heavy atom. The molecule has 0 aromatic carbocycles.